The molecule has 2 N–H and O–H groups in total. The zero-order chi connectivity index (χ0) is 17.6. The summed E-state index contributed by atoms with van der Waals surface area (Å²) in [5, 5.41) is 6.03. The fraction of sp³-hybridized carbons (Fsp3) is 0.150. The molecule has 0 aliphatic heterocycles. The number of benzene rings is 2. The van der Waals surface area contributed by atoms with Gasteiger partial charge in [0, 0.05) is 23.0 Å². The van der Waals surface area contributed by atoms with Crippen LogP contribution >= 0.6 is 0 Å². The summed E-state index contributed by atoms with van der Waals surface area (Å²) in [5.74, 6) is 1.14. The fourth-order valence-electron chi connectivity index (χ4n) is 2.42. The van der Waals surface area contributed by atoms with E-state index in [1.807, 2.05) is 73.7 Å². The van der Waals surface area contributed by atoms with Gasteiger partial charge in [0.25, 0.3) is 0 Å². The molecule has 3 aromatic rings. The van der Waals surface area contributed by atoms with Crippen LogP contribution in [0.4, 0.5) is 11.5 Å². The first-order valence-electron chi connectivity index (χ1n) is 8.15. The first-order valence-corrected chi connectivity index (χ1v) is 8.15. The SMILES string of the molecule is Cc1cc(NC(C)C(=O)Nc2ccccc2)nc(-c2ccccc2)n1. The van der Waals surface area contributed by atoms with Crippen molar-refractivity contribution in [2.24, 2.45) is 0 Å². The van der Waals surface area contributed by atoms with Crippen LogP contribution in [0, 0.1) is 6.92 Å². The van der Waals surface area contributed by atoms with Crippen molar-refractivity contribution in [3.63, 3.8) is 0 Å². The summed E-state index contributed by atoms with van der Waals surface area (Å²) in [4.78, 5) is 21.3. The number of carbonyl (C=O) groups is 1. The second-order valence-electron chi connectivity index (χ2n) is 5.81. The summed E-state index contributed by atoms with van der Waals surface area (Å²) in [6, 6.07) is 20.6. The van der Waals surface area contributed by atoms with Crippen molar-refractivity contribution in [1.29, 1.82) is 0 Å². The first-order chi connectivity index (χ1) is 12.1. The van der Waals surface area contributed by atoms with E-state index in [2.05, 4.69) is 20.6 Å². The maximum Gasteiger partial charge on any atom is 0.246 e. The van der Waals surface area contributed by atoms with Crippen molar-refractivity contribution >= 4 is 17.4 Å². The van der Waals surface area contributed by atoms with Crippen LogP contribution in [0.3, 0.4) is 0 Å². The number of nitrogens with zero attached hydrogens (tertiary/aromatic N) is 2. The highest BCUT2D eigenvalue weighted by Gasteiger charge is 2.14. The van der Waals surface area contributed by atoms with Gasteiger partial charge in [0.1, 0.15) is 11.9 Å². The van der Waals surface area contributed by atoms with Gasteiger partial charge in [0.05, 0.1) is 0 Å². The predicted octanol–water partition coefficient (Wildman–Crippen LogP) is 3.89. The van der Waals surface area contributed by atoms with E-state index in [1.54, 1.807) is 6.92 Å². The number of rotatable bonds is 5. The Kier molecular flexibility index (Phi) is 5.04. The van der Waals surface area contributed by atoms with Crippen LogP contribution in [0.1, 0.15) is 12.6 Å². The van der Waals surface area contributed by atoms with E-state index in [0.29, 0.717) is 11.6 Å². The monoisotopic (exact) mass is 332 g/mol. The third kappa shape index (κ3) is 4.41. The molecule has 5 heteroatoms. The molecule has 5 nitrogen and oxygen atoms in total. The summed E-state index contributed by atoms with van der Waals surface area (Å²) in [6.45, 7) is 3.71. The number of para-hydroxylation sites is 1. The molecule has 2 aromatic carbocycles. The summed E-state index contributed by atoms with van der Waals surface area (Å²) in [6.07, 6.45) is 0. The average Bonchev–Trinajstić information content (AvgIpc) is 2.63. The highest BCUT2D eigenvalue weighted by Crippen LogP contribution is 2.18. The molecule has 0 bridgehead atoms. The van der Waals surface area contributed by atoms with E-state index in [4.69, 9.17) is 0 Å². The van der Waals surface area contributed by atoms with Crippen molar-refractivity contribution in [2.75, 3.05) is 10.6 Å². The molecule has 25 heavy (non-hydrogen) atoms. The quantitative estimate of drug-likeness (QED) is 0.744. The minimum Gasteiger partial charge on any atom is -0.358 e. The van der Waals surface area contributed by atoms with Gasteiger partial charge in [-0.3, -0.25) is 4.79 Å². The van der Waals surface area contributed by atoms with Gasteiger partial charge in [-0.15, -0.1) is 0 Å². The highest BCUT2D eigenvalue weighted by molar-refractivity contribution is 5.96. The van der Waals surface area contributed by atoms with Crippen molar-refractivity contribution < 1.29 is 4.79 Å². The smallest absolute Gasteiger partial charge is 0.246 e. The summed E-state index contributed by atoms with van der Waals surface area (Å²) >= 11 is 0. The molecule has 1 atom stereocenters. The molecule has 0 aliphatic carbocycles. The van der Waals surface area contributed by atoms with Crippen LogP contribution in [0.5, 0.6) is 0 Å². The lowest BCUT2D eigenvalue weighted by Crippen LogP contribution is -2.32. The molecule has 1 aromatic heterocycles. The van der Waals surface area contributed by atoms with Gasteiger partial charge in [0.15, 0.2) is 5.82 Å². The molecule has 0 saturated heterocycles. The topological polar surface area (TPSA) is 66.9 Å². The Labute approximate surface area is 147 Å². The lowest BCUT2D eigenvalue weighted by molar-refractivity contribution is -0.116. The lowest BCUT2D eigenvalue weighted by Gasteiger charge is -2.15. The molecular formula is C20H20N4O. The molecule has 126 valence electrons. The minimum atomic E-state index is -0.432. The lowest BCUT2D eigenvalue weighted by atomic mass is 10.2. The van der Waals surface area contributed by atoms with Crippen molar-refractivity contribution in [3.05, 3.63) is 72.4 Å². The van der Waals surface area contributed by atoms with Gasteiger partial charge in [0.2, 0.25) is 5.91 Å². The van der Waals surface area contributed by atoms with Crippen LogP contribution in [-0.4, -0.2) is 21.9 Å². The number of hydrogen-bond acceptors (Lipinski definition) is 4. The van der Waals surface area contributed by atoms with Crippen molar-refractivity contribution in [1.82, 2.24) is 9.97 Å². The Morgan fingerprint density at radius 1 is 0.960 bits per heavy atom. The minimum absolute atomic E-state index is 0.122. The van der Waals surface area contributed by atoms with Gasteiger partial charge < -0.3 is 10.6 Å². The molecule has 0 aliphatic rings. The average molecular weight is 332 g/mol. The van der Waals surface area contributed by atoms with E-state index in [0.717, 1.165) is 16.9 Å². The van der Waals surface area contributed by atoms with E-state index in [9.17, 15) is 4.79 Å². The number of hydrogen-bond donors (Lipinski definition) is 2. The maximum atomic E-state index is 12.3. The van der Waals surface area contributed by atoms with Crippen molar-refractivity contribution in [2.45, 2.75) is 19.9 Å². The van der Waals surface area contributed by atoms with Gasteiger partial charge in [-0.1, -0.05) is 48.5 Å². The Balaban J connectivity index is 1.74. The number of aromatic nitrogens is 2. The number of anilines is 2. The molecule has 3 rings (SSSR count). The standard InChI is InChI=1S/C20H20N4O/c1-14-13-18(24-19(21-14)16-9-5-3-6-10-16)22-15(2)20(25)23-17-11-7-4-8-12-17/h3-13,15H,1-2H3,(H,23,25)(H,21,22,24). The Morgan fingerprint density at radius 2 is 1.60 bits per heavy atom. The van der Waals surface area contributed by atoms with Gasteiger partial charge in [-0.25, -0.2) is 9.97 Å². The van der Waals surface area contributed by atoms with E-state index >= 15 is 0 Å². The van der Waals surface area contributed by atoms with Gasteiger partial charge in [-0.05, 0) is 26.0 Å². The predicted molar refractivity (Wildman–Crippen MR) is 100 cm³/mol. The molecule has 1 heterocycles. The maximum absolute atomic E-state index is 12.3. The Hall–Kier alpha value is -3.21. The second kappa shape index (κ2) is 7.57. The zero-order valence-electron chi connectivity index (χ0n) is 14.2. The molecule has 0 saturated carbocycles. The Bertz CT molecular complexity index is 850. The third-order valence-electron chi connectivity index (χ3n) is 3.69. The molecule has 0 fully saturated rings. The van der Waals surface area contributed by atoms with Crippen molar-refractivity contribution in [3.8, 4) is 11.4 Å². The van der Waals surface area contributed by atoms with Crippen LogP contribution in [0.15, 0.2) is 66.7 Å². The number of amides is 1. The second-order valence-corrected chi connectivity index (χ2v) is 5.81. The third-order valence-corrected chi connectivity index (χ3v) is 3.69. The first kappa shape index (κ1) is 16.6. The summed E-state index contributed by atoms with van der Waals surface area (Å²) < 4.78 is 0. The molecule has 1 unspecified atom stereocenters. The van der Waals surface area contributed by atoms with Gasteiger partial charge in [-0.2, -0.15) is 0 Å². The molecule has 0 radical (unpaired) electrons. The molecule has 0 spiro atoms. The van der Waals surface area contributed by atoms with E-state index in [1.165, 1.54) is 0 Å². The largest absolute Gasteiger partial charge is 0.358 e. The summed E-state index contributed by atoms with van der Waals surface area (Å²) in [5.41, 5.74) is 2.55. The zero-order valence-corrected chi connectivity index (χ0v) is 14.2. The number of aryl methyl sites for hydroxylation is 1. The molecular weight excluding hydrogens is 312 g/mol. The molecule has 1 amide bonds. The highest BCUT2D eigenvalue weighted by atomic mass is 16.2. The summed E-state index contributed by atoms with van der Waals surface area (Å²) in [7, 11) is 0. The van der Waals surface area contributed by atoms with Crippen LogP contribution in [-0.2, 0) is 4.79 Å². The Morgan fingerprint density at radius 3 is 2.28 bits per heavy atom. The number of nitrogens with one attached hydrogen (secondary N) is 2. The number of carbonyl (C=O) groups excluding carboxylic acids is 1. The van der Waals surface area contributed by atoms with Crippen LogP contribution in [0.2, 0.25) is 0 Å². The van der Waals surface area contributed by atoms with E-state index < -0.39 is 6.04 Å². The normalized spacial score (nSPS) is 11.6. The van der Waals surface area contributed by atoms with E-state index in [-0.39, 0.29) is 5.91 Å². The van der Waals surface area contributed by atoms with Crippen LogP contribution in [0.25, 0.3) is 11.4 Å². The fourth-order valence-corrected chi connectivity index (χ4v) is 2.42. The van der Waals surface area contributed by atoms with Crippen LogP contribution < -0.4 is 10.6 Å². The van der Waals surface area contributed by atoms with Gasteiger partial charge >= 0.3 is 0 Å².